The van der Waals surface area contributed by atoms with Crippen LogP contribution in [-0.4, -0.2) is 23.6 Å². The summed E-state index contributed by atoms with van der Waals surface area (Å²) in [6.07, 6.45) is 5.30. The van der Waals surface area contributed by atoms with E-state index in [0.717, 1.165) is 37.4 Å². The summed E-state index contributed by atoms with van der Waals surface area (Å²) in [5.41, 5.74) is 1.01. The molecule has 1 aliphatic carbocycles. The summed E-state index contributed by atoms with van der Waals surface area (Å²) in [6.45, 7) is 3.92. The molecule has 0 radical (unpaired) electrons. The van der Waals surface area contributed by atoms with E-state index in [-0.39, 0.29) is 5.60 Å². The fourth-order valence-electron chi connectivity index (χ4n) is 1.98. The molecule has 0 aromatic carbocycles. The average molecular weight is 209 g/mol. The molecule has 4 nitrogen and oxygen atoms in total. The van der Waals surface area contributed by atoms with Gasteiger partial charge in [0, 0.05) is 25.5 Å². The summed E-state index contributed by atoms with van der Waals surface area (Å²) in [5.74, 6) is 0.990. The van der Waals surface area contributed by atoms with Crippen molar-refractivity contribution >= 4 is 0 Å². The van der Waals surface area contributed by atoms with Crippen LogP contribution in [0.1, 0.15) is 37.7 Å². The quantitative estimate of drug-likeness (QED) is 0.773. The van der Waals surface area contributed by atoms with Crippen LogP contribution < -0.4 is 5.32 Å². The Balaban J connectivity index is 2.05. The highest BCUT2D eigenvalue weighted by Crippen LogP contribution is 2.42. The molecular weight excluding hydrogens is 190 g/mol. The second-order valence-corrected chi connectivity index (χ2v) is 4.09. The first-order valence-corrected chi connectivity index (χ1v) is 5.61. The van der Waals surface area contributed by atoms with E-state index in [4.69, 9.17) is 4.74 Å². The van der Waals surface area contributed by atoms with Gasteiger partial charge in [0.15, 0.2) is 0 Å². The smallest absolute Gasteiger partial charge is 0.138 e. The van der Waals surface area contributed by atoms with E-state index >= 15 is 0 Å². The molecule has 0 atom stereocenters. The third-order valence-electron chi connectivity index (χ3n) is 3.18. The maximum absolute atomic E-state index is 5.56. The lowest BCUT2D eigenvalue weighted by molar-refractivity contribution is -0.0841. The normalized spacial score (nSPS) is 18.8. The lowest BCUT2D eigenvalue weighted by Crippen LogP contribution is -2.37. The van der Waals surface area contributed by atoms with Crippen molar-refractivity contribution in [3.8, 4) is 0 Å². The third kappa shape index (κ3) is 1.92. The topological polar surface area (TPSA) is 49.9 Å². The first-order chi connectivity index (χ1) is 7.30. The molecule has 1 aromatic rings. The van der Waals surface area contributed by atoms with Gasteiger partial charge < -0.3 is 15.0 Å². The summed E-state index contributed by atoms with van der Waals surface area (Å²) in [7, 11) is 1.77. The van der Waals surface area contributed by atoms with Crippen molar-refractivity contribution in [1.29, 1.82) is 0 Å². The number of rotatable bonds is 5. The zero-order chi connectivity index (χ0) is 10.7. The largest absolute Gasteiger partial charge is 0.370 e. The highest BCUT2D eigenvalue weighted by atomic mass is 16.5. The minimum absolute atomic E-state index is 0.121. The highest BCUT2D eigenvalue weighted by molar-refractivity contribution is 5.12. The van der Waals surface area contributed by atoms with Crippen LogP contribution in [0.4, 0.5) is 0 Å². The van der Waals surface area contributed by atoms with Gasteiger partial charge in [-0.2, -0.15) is 0 Å². The summed E-state index contributed by atoms with van der Waals surface area (Å²) in [6, 6.07) is 0. The van der Waals surface area contributed by atoms with Gasteiger partial charge in [-0.3, -0.25) is 0 Å². The fraction of sp³-hybridized carbons (Fsp3) is 0.727. The zero-order valence-electron chi connectivity index (χ0n) is 9.47. The van der Waals surface area contributed by atoms with Crippen LogP contribution in [0.2, 0.25) is 0 Å². The van der Waals surface area contributed by atoms with Crippen molar-refractivity contribution in [1.82, 2.24) is 15.3 Å². The number of imidazole rings is 1. The van der Waals surface area contributed by atoms with E-state index in [1.165, 1.54) is 6.42 Å². The third-order valence-corrected chi connectivity index (χ3v) is 3.18. The standard InChI is InChI=1S/C11H19N3O/c1-3-12-7-9-8-13-10(14-9)11(15-2)5-4-6-11/h8,12H,3-7H2,1-2H3,(H,13,14). The molecule has 84 valence electrons. The number of aromatic amines is 1. The van der Waals surface area contributed by atoms with Gasteiger partial charge in [0.25, 0.3) is 0 Å². The molecule has 1 saturated carbocycles. The average Bonchev–Trinajstić information content (AvgIpc) is 2.63. The molecule has 0 aliphatic heterocycles. The molecule has 1 fully saturated rings. The van der Waals surface area contributed by atoms with Crippen LogP contribution >= 0.6 is 0 Å². The Morgan fingerprint density at radius 3 is 2.93 bits per heavy atom. The second-order valence-electron chi connectivity index (χ2n) is 4.09. The van der Waals surface area contributed by atoms with Crippen molar-refractivity contribution in [2.45, 2.75) is 38.3 Å². The highest BCUT2D eigenvalue weighted by Gasteiger charge is 2.41. The zero-order valence-corrected chi connectivity index (χ0v) is 9.47. The van der Waals surface area contributed by atoms with Crippen molar-refractivity contribution in [3.63, 3.8) is 0 Å². The fourth-order valence-corrected chi connectivity index (χ4v) is 1.98. The molecule has 0 spiro atoms. The van der Waals surface area contributed by atoms with Gasteiger partial charge in [-0.15, -0.1) is 0 Å². The van der Waals surface area contributed by atoms with Gasteiger partial charge in [-0.05, 0) is 25.8 Å². The minimum atomic E-state index is -0.121. The molecule has 0 amide bonds. The monoisotopic (exact) mass is 209 g/mol. The summed E-state index contributed by atoms with van der Waals surface area (Å²) in [5, 5.41) is 3.27. The van der Waals surface area contributed by atoms with Crippen LogP contribution in [0.3, 0.4) is 0 Å². The van der Waals surface area contributed by atoms with Crippen molar-refractivity contribution in [2.75, 3.05) is 13.7 Å². The van der Waals surface area contributed by atoms with E-state index < -0.39 is 0 Å². The van der Waals surface area contributed by atoms with Gasteiger partial charge in [-0.1, -0.05) is 6.92 Å². The van der Waals surface area contributed by atoms with Crippen molar-refractivity contribution in [2.24, 2.45) is 0 Å². The Labute approximate surface area is 90.4 Å². The molecule has 4 heteroatoms. The predicted octanol–water partition coefficient (Wildman–Crippen LogP) is 1.54. The van der Waals surface area contributed by atoms with Crippen LogP contribution in [0.15, 0.2) is 6.20 Å². The van der Waals surface area contributed by atoms with Crippen molar-refractivity contribution < 1.29 is 4.74 Å². The molecule has 0 saturated heterocycles. The van der Waals surface area contributed by atoms with E-state index in [2.05, 4.69) is 22.2 Å². The predicted molar refractivity (Wildman–Crippen MR) is 58.5 cm³/mol. The number of aromatic nitrogens is 2. The van der Waals surface area contributed by atoms with Gasteiger partial charge in [0.1, 0.15) is 11.4 Å². The Bertz CT molecular complexity index is 312. The minimum Gasteiger partial charge on any atom is -0.370 e. The van der Waals surface area contributed by atoms with Gasteiger partial charge in [-0.25, -0.2) is 4.98 Å². The summed E-state index contributed by atoms with van der Waals surface area (Å²) in [4.78, 5) is 7.76. The molecule has 1 aliphatic rings. The first-order valence-electron chi connectivity index (χ1n) is 5.61. The van der Waals surface area contributed by atoms with Crippen molar-refractivity contribution in [3.05, 3.63) is 17.7 Å². The molecule has 0 unspecified atom stereocenters. The molecule has 0 bridgehead atoms. The molecule has 1 heterocycles. The van der Waals surface area contributed by atoms with Gasteiger partial charge in [0.05, 0.1) is 0 Å². The van der Waals surface area contributed by atoms with Crippen LogP contribution in [0, 0.1) is 0 Å². The van der Waals surface area contributed by atoms with E-state index in [9.17, 15) is 0 Å². The number of nitrogens with one attached hydrogen (secondary N) is 2. The second kappa shape index (κ2) is 4.33. The molecule has 2 N–H and O–H groups in total. The maximum atomic E-state index is 5.56. The Kier molecular flexibility index (Phi) is 3.07. The lowest BCUT2D eigenvalue weighted by Gasteiger charge is -2.38. The first kappa shape index (κ1) is 10.6. The molecule has 15 heavy (non-hydrogen) atoms. The summed E-state index contributed by atoms with van der Waals surface area (Å²) < 4.78 is 5.56. The molecular formula is C11H19N3O. The number of methoxy groups -OCH3 is 1. The van der Waals surface area contributed by atoms with Gasteiger partial charge >= 0.3 is 0 Å². The number of hydrogen-bond acceptors (Lipinski definition) is 3. The van der Waals surface area contributed by atoms with E-state index in [1.807, 2.05) is 6.20 Å². The lowest BCUT2D eigenvalue weighted by atomic mass is 9.79. The number of nitrogens with zero attached hydrogens (tertiary/aromatic N) is 1. The number of ether oxygens (including phenoxy) is 1. The Morgan fingerprint density at radius 2 is 2.40 bits per heavy atom. The van der Waals surface area contributed by atoms with Crippen LogP contribution in [-0.2, 0) is 16.9 Å². The van der Waals surface area contributed by atoms with Crippen LogP contribution in [0.25, 0.3) is 0 Å². The molecule has 1 aromatic heterocycles. The van der Waals surface area contributed by atoms with Crippen LogP contribution in [0.5, 0.6) is 0 Å². The van der Waals surface area contributed by atoms with Gasteiger partial charge in [0.2, 0.25) is 0 Å². The number of H-pyrrole nitrogens is 1. The summed E-state index contributed by atoms with van der Waals surface area (Å²) >= 11 is 0. The SMILES string of the molecule is CCNCc1cnc(C2(OC)CCC2)[nH]1. The number of hydrogen-bond donors (Lipinski definition) is 2. The Hall–Kier alpha value is -0.870. The van der Waals surface area contributed by atoms with E-state index in [0.29, 0.717) is 0 Å². The maximum Gasteiger partial charge on any atom is 0.138 e. The van der Waals surface area contributed by atoms with E-state index in [1.54, 1.807) is 7.11 Å². The molecule has 2 rings (SSSR count). The Morgan fingerprint density at radius 1 is 1.60 bits per heavy atom.